The number of thiazole rings is 1. The highest BCUT2D eigenvalue weighted by molar-refractivity contribution is 7.22. The van der Waals surface area contributed by atoms with Gasteiger partial charge in [0.2, 0.25) is 0 Å². The summed E-state index contributed by atoms with van der Waals surface area (Å²) in [6, 6.07) is 19.8. The van der Waals surface area contributed by atoms with Crippen LogP contribution in [0.1, 0.15) is 39.1 Å². The number of nitrogens with zero attached hydrogens (tertiary/aromatic N) is 2. The van der Waals surface area contributed by atoms with Crippen molar-refractivity contribution in [1.82, 2.24) is 10.3 Å². The zero-order valence-electron chi connectivity index (χ0n) is 19.4. The highest BCUT2D eigenvalue weighted by Gasteiger charge is 2.24. The molecule has 4 aromatic rings. The summed E-state index contributed by atoms with van der Waals surface area (Å²) < 4.78 is 0.801. The van der Waals surface area contributed by atoms with Crippen molar-refractivity contribution in [2.75, 3.05) is 18.0 Å². The van der Waals surface area contributed by atoms with E-state index < -0.39 is 5.97 Å². The summed E-state index contributed by atoms with van der Waals surface area (Å²) in [5, 5.41) is 21.2. The van der Waals surface area contributed by atoms with E-state index in [1.54, 1.807) is 24.3 Å². The number of nitrogens with two attached hydrogens (primary N) is 1. The summed E-state index contributed by atoms with van der Waals surface area (Å²) in [5.41, 5.74) is 9.32. The van der Waals surface area contributed by atoms with Gasteiger partial charge in [-0.3, -0.25) is 10.2 Å². The Kier molecular flexibility index (Phi) is 6.39. The van der Waals surface area contributed by atoms with Crippen molar-refractivity contribution < 1.29 is 14.7 Å². The van der Waals surface area contributed by atoms with E-state index in [2.05, 4.69) is 10.2 Å². The smallest absolute Gasteiger partial charge is 0.335 e. The number of amidine groups is 1. The number of benzene rings is 3. The number of nitrogen functional groups attached to an aromatic ring is 1. The van der Waals surface area contributed by atoms with Crippen molar-refractivity contribution in [2.45, 2.75) is 18.9 Å². The Hall–Kier alpha value is -4.24. The van der Waals surface area contributed by atoms with Crippen LogP contribution in [-0.4, -0.2) is 46.9 Å². The van der Waals surface area contributed by atoms with Gasteiger partial charge in [-0.2, -0.15) is 0 Å². The normalized spacial score (nSPS) is 14.1. The number of hydrogen-bond donors (Lipinski definition) is 4. The van der Waals surface area contributed by atoms with E-state index in [0.29, 0.717) is 11.1 Å². The summed E-state index contributed by atoms with van der Waals surface area (Å²) >= 11 is 1.47. The molecule has 2 heterocycles. The van der Waals surface area contributed by atoms with Gasteiger partial charge in [-0.1, -0.05) is 53.8 Å². The van der Waals surface area contributed by atoms with E-state index in [1.165, 1.54) is 11.3 Å². The largest absolute Gasteiger partial charge is 0.478 e. The number of piperidine rings is 1. The van der Waals surface area contributed by atoms with Crippen LogP contribution in [-0.2, 0) is 0 Å². The second-order valence-corrected chi connectivity index (χ2v) is 9.77. The number of fused-ring (bicyclic) bond motifs is 1. The molecule has 1 amide bonds. The Morgan fingerprint density at radius 3 is 2.33 bits per heavy atom. The van der Waals surface area contributed by atoms with Crippen molar-refractivity contribution in [3.8, 4) is 11.1 Å². The number of hydrogen-bond acceptors (Lipinski definition) is 6. The molecule has 0 unspecified atom stereocenters. The van der Waals surface area contributed by atoms with Crippen LogP contribution in [0.25, 0.3) is 21.3 Å². The highest BCUT2D eigenvalue weighted by Crippen LogP contribution is 2.37. The first-order valence-electron chi connectivity index (χ1n) is 11.6. The quantitative estimate of drug-likeness (QED) is 0.230. The van der Waals surface area contributed by atoms with Crippen molar-refractivity contribution in [1.29, 1.82) is 5.41 Å². The molecule has 1 saturated heterocycles. The molecule has 0 saturated carbocycles. The van der Waals surface area contributed by atoms with Gasteiger partial charge < -0.3 is 21.1 Å². The molecule has 0 aliphatic carbocycles. The average Bonchev–Trinajstić information content (AvgIpc) is 3.33. The minimum Gasteiger partial charge on any atom is -0.478 e. The second kappa shape index (κ2) is 9.79. The zero-order valence-corrected chi connectivity index (χ0v) is 20.2. The number of amides is 1. The van der Waals surface area contributed by atoms with Gasteiger partial charge in [-0.15, -0.1) is 0 Å². The van der Waals surface area contributed by atoms with Crippen LogP contribution in [0.2, 0.25) is 0 Å². The predicted octanol–water partition coefficient (Wildman–Crippen LogP) is 4.34. The molecule has 5 rings (SSSR count). The van der Waals surface area contributed by atoms with Crippen molar-refractivity contribution >= 4 is 44.4 Å². The molecule has 182 valence electrons. The van der Waals surface area contributed by atoms with Crippen LogP contribution in [0.4, 0.5) is 5.13 Å². The third kappa shape index (κ3) is 4.78. The maximum Gasteiger partial charge on any atom is 0.335 e. The van der Waals surface area contributed by atoms with Crippen molar-refractivity contribution in [2.24, 2.45) is 5.73 Å². The number of anilines is 1. The fourth-order valence-corrected chi connectivity index (χ4v) is 5.48. The van der Waals surface area contributed by atoms with Crippen LogP contribution in [0.3, 0.4) is 0 Å². The number of aromatic carboxylic acids is 1. The van der Waals surface area contributed by atoms with Gasteiger partial charge in [0.05, 0.1) is 15.8 Å². The van der Waals surface area contributed by atoms with E-state index in [0.717, 1.165) is 52.4 Å². The second-order valence-electron chi connectivity index (χ2n) is 8.76. The summed E-state index contributed by atoms with van der Waals surface area (Å²) in [6.07, 6.45) is 1.60. The molecule has 5 N–H and O–H groups in total. The van der Waals surface area contributed by atoms with E-state index in [-0.39, 0.29) is 23.3 Å². The van der Waals surface area contributed by atoms with Gasteiger partial charge >= 0.3 is 5.97 Å². The van der Waals surface area contributed by atoms with Crippen LogP contribution in [0, 0.1) is 5.41 Å². The summed E-state index contributed by atoms with van der Waals surface area (Å²) in [7, 11) is 0. The van der Waals surface area contributed by atoms with Crippen LogP contribution >= 0.6 is 11.3 Å². The lowest BCUT2D eigenvalue weighted by Gasteiger charge is -2.32. The lowest BCUT2D eigenvalue weighted by molar-refractivity contribution is 0.0696. The topological polar surface area (TPSA) is 132 Å². The molecule has 1 aromatic heterocycles. The first kappa shape index (κ1) is 23.5. The molecule has 1 aliphatic rings. The molecule has 0 atom stereocenters. The zero-order chi connectivity index (χ0) is 25.2. The third-order valence-electron chi connectivity index (χ3n) is 6.37. The number of nitrogens with one attached hydrogen (secondary N) is 2. The van der Waals surface area contributed by atoms with Gasteiger partial charge in [0.1, 0.15) is 5.84 Å². The van der Waals surface area contributed by atoms with Crippen LogP contribution < -0.4 is 16.0 Å². The molecule has 3 aromatic carbocycles. The third-order valence-corrected chi connectivity index (χ3v) is 7.44. The van der Waals surface area contributed by atoms with E-state index >= 15 is 0 Å². The molecule has 8 nitrogen and oxygen atoms in total. The Labute approximate surface area is 211 Å². The monoisotopic (exact) mass is 499 g/mol. The van der Waals surface area contributed by atoms with Gasteiger partial charge in [0, 0.05) is 35.8 Å². The molecular weight excluding hydrogens is 474 g/mol. The lowest BCUT2D eigenvalue weighted by atomic mass is 10.0. The van der Waals surface area contributed by atoms with E-state index in [9.17, 15) is 14.7 Å². The summed E-state index contributed by atoms with van der Waals surface area (Å²) in [4.78, 5) is 31.4. The Morgan fingerprint density at radius 2 is 1.69 bits per heavy atom. The van der Waals surface area contributed by atoms with E-state index in [1.807, 2.05) is 42.5 Å². The summed E-state index contributed by atoms with van der Waals surface area (Å²) in [6.45, 7) is 1.49. The van der Waals surface area contributed by atoms with E-state index in [4.69, 9.17) is 16.1 Å². The maximum atomic E-state index is 12.5. The first-order chi connectivity index (χ1) is 17.4. The maximum absolute atomic E-state index is 12.5. The van der Waals surface area contributed by atoms with Gasteiger partial charge in [-0.05, 0) is 42.7 Å². The number of carboxylic acids is 1. The SMILES string of the molecule is N=C(N)c1ccc(-c2cc(C(=O)O)cc3sc(N4CCC(NC(=O)c5ccccc5)CC4)nc23)cc1. The van der Waals surface area contributed by atoms with Gasteiger partial charge in [0.25, 0.3) is 5.91 Å². The highest BCUT2D eigenvalue weighted by atomic mass is 32.1. The Balaban J connectivity index is 1.37. The fourth-order valence-electron chi connectivity index (χ4n) is 4.40. The minimum atomic E-state index is -0.997. The molecule has 9 heteroatoms. The first-order valence-corrected chi connectivity index (χ1v) is 12.4. The molecule has 36 heavy (non-hydrogen) atoms. The number of carboxylic acid groups (broad SMARTS) is 1. The predicted molar refractivity (Wildman–Crippen MR) is 142 cm³/mol. The average molecular weight is 500 g/mol. The minimum absolute atomic E-state index is 0.0229. The van der Waals surface area contributed by atoms with Crippen LogP contribution in [0.15, 0.2) is 66.7 Å². The lowest BCUT2D eigenvalue weighted by Crippen LogP contribution is -2.44. The molecule has 0 bridgehead atoms. The number of carbonyl (C=O) groups is 2. The van der Waals surface area contributed by atoms with Crippen molar-refractivity contribution in [3.05, 3.63) is 83.4 Å². The molecule has 0 radical (unpaired) electrons. The Bertz CT molecular complexity index is 1440. The standard InChI is InChI=1S/C27H25N5O3S/c28-24(29)17-8-6-16(7-9-17)21-14-19(26(34)35)15-22-23(21)31-27(36-22)32-12-10-20(11-13-32)30-25(33)18-4-2-1-3-5-18/h1-9,14-15,20H,10-13H2,(H3,28,29)(H,30,33)(H,34,35). The van der Waals surface area contributed by atoms with Gasteiger partial charge in [0.15, 0.2) is 5.13 Å². The number of rotatable bonds is 6. The van der Waals surface area contributed by atoms with Crippen molar-refractivity contribution in [3.63, 3.8) is 0 Å². The number of aromatic nitrogens is 1. The van der Waals surface area contributed by atoms with Gasteiger partial charge in [-0.25, -0.2) is 9.78 Å². The number of carbonyl (C=O) groups excluding carboxylic acids is 1. The molecule has 1 fully saturated rings. The van der Waals surface area contributed by atoms with Crippen LogP contribution in [0.5, 0.6) is 0 Å². The Morgan fingerprint density at radius 1 is 1.00 bits per heavy atom. The summed E-state index contributed by atoms with van der Waals surface area (Å²) in [5.74, 6) is -1.08. The fraction of sp³-hybridized carbons (Fsp3) is 0.185. The molecule has 1 aliphatic heterocycles. The molecular formula is C27H25N5O3S. The molecule has 0 spiro atoms.